The average Bonchev–Trinajstić information content (AvgIpc) is 3.01. The summed E-state index contributed by atoms with van der Waals surface area (Å²) in [6.45, 7) is 10.8. The summed E-state index contributed by atoms with van der Waals surface area (Å²) in [6.07, 6.45) is 4.81. The van der Waals surface area contributed by atoms with Crippen LogP contribution in [-0.2, 0) is 0 Å². The Morgan fingerprint density at radius 3 is 1.41 bits per heavy atom. The van der Waals surface area contributed by atoms with E-state index in [9.17, 15) is 19.2 Å². The van der Waals surface area contributed by atoms with Crippen LogP contribution in [-0.4, -0.2) is 46.0 Å². The molecule has 0 bridgehead atoms. The molecule has 5 aromatic carbocycles. The first-order valence-corrected chi connectivity index (χ1v) is 16.1. The largest absolute Gasteiger partial charge is 0.274 e. The minimum Gasteiger partial charge on any atom is -0.274 e. The smallest absolute Gasteiger partial charge is 0.261 e. The molecular weight excluding hydrogens is 548 g/mol. The van der Waals surface area contributed by atoms with Crippen molar-refractivity contribution in [2.75, 3.05) is 6.54 Å². The zero-order valence-electron chi connectivity index (χ0n) is 26.1. The molecule has 0 saturated heterocycles. The molecule has 2 atom stereocenters. The van der Waals surface area contributed by atoms with E-state index in [0.29, 0.717) is 45.5 Å². The van der Waals surface area contributed by atoms with Crippen molar-refractivity contribution in [2.45, 2.75) is 72.8 Å². The molecular formula is C38H38N2O4. The van der Waals surface area contributed by atoms with Crippen molar-refractivity contribution in [3.05, 3.63) is 70.8 Å². The minimum absolute atomic E-state index is 0.212. The summed E-state index contributed by atoms with van der Waals surface area (Å²) in [5, 5.41) is 6.81. The highest BCUT2D eigenvalue weighted by Gasteiger charge is 2.38. The molecule has 44 heavy (non-hydrogen) atoms. The quantitative estimate of drug-likeness (QED) is 0.0985. The lowest BCUT2D eigenvalue weighted by Gasteiger charge is -2.33. The van der Waals surface area contributed by atoms with Crippen LogP contribution in [0.2, 0.25) is 0 Å². The Morgan fingerprint density at radius 2 is 1.02 bits per heavy atom. The number of unbranched alkanes of at least 4 members (excludes halogenated alkanes) is 1. The molecule has 0 N–H and O–H groups in total. The van der Waals surface area contributed by atoms with Gasteiger partial charge in [-0.25, -0.2) is 0 Å². The molecule has 0 fully saturated rings. The minimum atomic E-state index is -0.254. The van der Waals surface area contributed by atoms with Crippen LogP contribution < -0.4 is 0 Å². The number of rotatable bonds is 9. The van der Waals surface area contributed by atoms with Gasteiger partial charge in [-0.15, -0.1) is 0 Å². The molecule has 4 amide bonds. The summed E-state index contributed by atoms with van der Waals surface area (Å²) in [6, 6.07) is 15.1. The molecule has 2 aliphatic heterocycles. The van der Waals surface area contributed by atoms with Crippen LogP contribution in [0.15, 0.2) is 48.5 Å². The van der Waals surface area contributed by atoms with Crippen LogP contribution in [0.25, 0.3) is 43.1 Å². The first kappa shape index (κ1) is 28.5. The van der Waals surface area contributed by atoms with Crippen molar-refractivity contribution >= 4 is 66.7 Å². The van der Waals surface area contributed by atoms with E-state index in [4.69, 9.17) is 0 Å². The second-order valence-electron chi connectivity index (χ2n) is 13.2. The summed E-state index contributed by atoms with van der Waals surface area (Å²) in [5.41, 5.74) is 2.19. The van der Waals surface area contributed by atoms with Crippen molar-refractivity contribution in [2.24, 2.45) is 11.8 Å². The Bertz CT molecular complexity index is 1920. The first-order chi connectivity index (χ1) is 21.2. The van der Waals surface area contributed by atoms with Crippen LogP contribution in [0.5, 0.6) is 0 Å². The molecule has 6 heteroatoms. The van der Waals surface area contributed by atoms with Crippen molar-refractivity contribution in [3.8, 4) is 0 Å². The monoisotopic (exact) mass is 586 g/mol. The topological polar surface area (TPSA) is 74.8 Å². The second-order valence-corrected chi connectivity index (χ2v) is 13.2. The van der Waals surface area contributed by atoms with Crippen LogP contribution in [0.3, 0.4) is 0 Å². The van der Waals surface area contributed by atoms with E-state index in [1.54, 1.807) is 0 Å². The SMILES string of the molecule is CCCCC(CC)CN1C(=O)c2ccc3c4ccc5c6c(ccc(c7ccc(c2c37)C1=O)c64)C(=O)N(C(C)CC(C)C)C5=O. The first-order valence-electron chi connectivity index (χ1n) is 16.1. The Hall–Kier alpha value is -4.32. The van der Waals surface area contributed by atoms with Crippen LogP contribution >= 0.6 is 0 Å². The number of fused-ring (bicyclic) bond motifs is 2. The highest BCUT2D eigenvalue weighted by molar-refractivity contribution is 6.41. The molecule has 0 aromatic heterocycles. The summed E-state index contributed by atoms with van der Waals surface area (Å²) >= 11 is 0. The van der Waals surface area contributed by atoms with Crippen molar-refractivity contribution in [3.63, 3.8) is 0 Å². The van der Waals surface area contributed by atoms with Gasteiger partial charge in [0, 0.05) is 45.6 Å². The van der Waals surface area contributed by atoms with Gasteiger partial charge >= 0.3 is 0 Å². The van der Waals surface area contributed by atoms with Crippen molar-refractivity contribution in [1.82, 2.24) is 9.80 Å². The lowest BCUT2D eigenvalue weighted by Crippen LogP contribution is -2.46. The number of benzene rings is 5. The second kappa shape index (κ2) is 10.4. The number of hydrogen-bond acceptors (Lipinski definition) is 4. The molecule has 0 aliphatic carbocycles. The molecule has 5 aromatic rings. The van der Waals surface area contributed by atoms with Gasteiger partial charge in [-0.3, -0.25) is 29.0 Å². The lowest BCUT2D eigenvalue weighted by molar-refractivity contribution is 0.0530. The van der Waals surface area contributed by atoms with Gasteiger partial charge in [0.1, 0.15) is 0 Å². The number of carbonyl (C=O) groups is 4. The van der Waals surface area contributed by atoms with E-state index >= 15 is 0 Å². The van der Waals surface area contributed by atoms with E-state index in [2.05, 4.69) is 27.7 Å². The fourth-order valence-corrected chi connectivity index (χ4v) is 7.87. The van der Waals surface area contributed by atoms with Crippen molar-refractivity contribution < 1.29 is 19.2 Å². The Kier molecular flexibility index (Phi) is 6.72. The fourth-order valence-electron chi connectivity index (χ4n) is 7.87. The van der Waals surface area contributed by atoms with E-state index in [0.717, 1.165) is 64.4 Å². The van der Waals surface area contributed by atoms with Gasteiger partial charge in [0.25, 0.3) is 23.6 Å². The maximum Gasteiger partial charge on any atom is 0.261 e. The van der Waals surface area contributed by atoms with Gasteiger partial charge < -0.3 is 0 Å². The number of carbonyl (C=O) groups excluding carboxylic acids is 4. The molecule has 6 nitrogen and oxygen atoms in total. The van der Waals surface area contributed by atoms with E-state index in [1.165, 1.54) is 9.80 Å². The van der Waals surface area contributed by atoms with Gasteiger partial charge in [0.2, 0.25) is 0 Å². The predicted molar refractivity (Wildman–Crippen MR) is 176 cm³/mol. The van der Waals surface area contributed by atoms with Crippen molar-refractivity contribution in [1.29, 1.82) is 0 Å². The zero-order valence-corrected chi connectivity index (χ0v) is 26.1. The predicted octanol–water partition coefficient (Wildman–Crippen LogP) is 8.58. The molecule has 224 valence electrons. The lowest BCUT2D eigenvalue weighted by atomic mass is 9.82. The van der Waals surface area contributed by atoms with Gasteiger partial charge in [0.05, 0.1) is 0 Å². The van der Waals surface area contributed by atoms with Crippen LogP contribution in [0.1, 0.15) is 108 Å². The van der Waals surface area contributed by atoms with Gasteiger partial charge in [-0.1, -0.05) is 71.2 Å². The van der Waals surface area contributed by atoms with E-state index in [-0.39, 0.29) is 35.6 Å². The Balaban J connectivity index is 1.43. The van der Waals surface area contributed by atoms with Crippen LogP contribution in [0, 0.1) is 11.8 Å². The summed E-state index contributed by atoms with van der Waals surface area (Å²) in [4.78, 5) is 58.3. The Labute approximate surface area is 257 Å². The van der Waals surface area contributed by atoms with Gasteiger partial charge in [-0.05, 0) is 88.2 Å². The highest BCUT2D eigenvalue weighted by atomic mass is 16.2. The van der Waals surface area contributed by atoms with E-state index < -0.39 is 0 Å². The number of nitrogens with zero attached hydrogens (tertiary/aromatic N) is 2. The molecule has 2 aliphatic rings. The summed E-state index contributed by atoms with van der Waals surface area (Å²) < 4.78 is 0. The number of amides is 4. The summed E-state index contributed by atoms with van der Waals surface area (Å²) in [5.74, 6) is -0.348. The third-order valence-electron chi connectivity index (χ3n) is 9.99. The third-order valence-corrected chi connectivity index (χ3v) is 9.99. The molecule has 2 heterocycles. The number of imide groups is 2. The third kappa shape index (κ3) is 3.92. The highest BCUT2D eigenvalue weighted by Crippen LogP contribution is 2.46. The molecule has 2 unspecified atom stereocenters. The number of hydrogen-bond donors (Lipinski definition) is 0. The molecule has 7 rings (SSSR count). The normalized spacial score (nSPS) is 16.5. The molecule has 0 radical (unpaired) electrons. The molecule has 0 saturated carbocycles. The summed E-state index contributed by atoms with van der Waals surface area (Å²) in [7, 11) is 0. The van der Waals surface area contributed by atoms with Crippen LogP contribution in [0.4, 0.5) is 0 Å². The fraction of sp³-hybridized carbons (Fsp3) is 0.368. The molecule has 0 spiro atoms. The standard InChI is InChI=1S/C38H38N2O4/c1-6-8-9-22(7-2)19-39-35(41)27-14-10-23-25-12-16-29-34-30(38(44)40(37(29)43)21(5)18-20(3)4)17-13-26(32(25)34)24-11-15-28(36(39)42)33(27)31(23)24/h10-17,20-22H,6-9,18-19H2,1-5H3. The van der Waals surface area contributed by atoms with Gasteiger partial charge in [-0.2, -0.15) is 0 Å². The average molecular weight is 587 g/mol. The van der Waals surface area contributed by atoms with E-state index in [1.807, 2.05) is 55.5 Å². The Morgan fingerprint density at radius 1 is 0.591 bits per heavy atom. The maximum atomic E-state index is 13.9. The van der Waals surface area contributed by atoms with Gasteiger partial charge in [0.15, 0.2) is 0 Å². The zero-order chi connectivity index (χ0) is 31.0. The maximum absolute atomic E-state index is 13.9.